The Hall–Kier alpha value is -1.26. The fourth-order valence-corrected chi connectivity index (χ4v) is 1.61. The van der Waals surface area contributed by atoms with Gasteiger partial charge in [0.2, 0.25) is 0 Å². The summed E-state index contributed by atoms with van der Waals surface area (Å²) >= 11 is 6.08. The summed E-state index contributed by atoms with van der Waals surface area (Å²) in [5, 5.41) is 3.65. The van der Waals surface area contributed by atoms with E-state index in [4.69, 9.17) is 16.3 Å². The molecule has 0 fully saturated rings. The zero-order valence-electron chi connectivity index (χ0n) is 9.96. The molecule has 0 heterocycles. The summed E-state index contributed by atoms with van der Waals surface area (Å²) < 4.78 is 9.57. The molecule has 0 saturated heterocycles. The van der Waals surface area contributed by atoms with Crippen LogP contribution >= 0.6 is 11.6 Å². The average Bonchev–Trinajstić information content (AvgIpc) is 2.35. The van der Waals surface area contributed by atoms with Gasteiger partial charge in [-0.3, -0.25) is 4.79 Å². The van der Waals surface area contributed by atoms with Gasteiger partial charge in [-0.05, 0) is 30.7 Å². The number of rotatable bonds is 6. The van der Waals surface area contributed by atoms with Gasteiger partial charge in [-0.25, -0.2) is 0 Å². The molecule has 0 aromatic heterocycles. The second-order valence-corrected chi connectivity index (χ2v) is 3.87. The molecule has 5 heteroatoms. The Morgan fingerprint density at radius 3 is 2.76 bits per heavy atom. The van der Waals surface area contributed by atoms with Crippen molar-refractivity contribution in [1.29, 1.82) is 0 Å². The Bertz CT molecular complexity index is 382. The minimum Gasteiger partial charge on any atom is -0.497 e. The quantitative estimate of drug-likeness (QED) is 0.622. The molecule has 0 spiro atoms. The van der Waals surface area contributed by atoms with Crippen LogP contribution in [0.4, 0.5) is 0 Å². The summed E-state index contributed by atoms with van der Waals surface area (Å²) in [6.45, 7) is 0.880. The largest absolute Gasteiger partial charge is 0.497 e. The molecule has 0 atom stereocenters. The fourth-order valence-electron chi connectivity index (χ4n) is 1.34. The number of esters is 1. The van der Waals surface area contributed by atoms with Crippen molar-refractivity contribution in [1.82, 2.24) is 5.32 Å². The van der Waals surface area contributed by atoms with Gasteiger partial charge in [-0.2, -0.15) is 0 Å². The van der Waals surface area contributed by atoms with E-state index in [1.165, 1.54) is 7.11 Å². The number of carbonyl (C=O) groups excluding carboxylic acids is 1. The van der Waals surface area contributed by atoms with Crippen LogP contribution in [-0.4, -0.2) is 33.3 Å². The van der Waals surface area contributed by atoms with Crippen molar-refractivity contribution in [2.75, 3.05) is 27.3 Å². The van der Waals surface area contributed by atoms with Crippen molar-refractivity contribution >= 4 is 17.6 Å². The number of ether oxygens (including phenoxy) is 2. The number of methoxy groups -OCH3 is 2. The SMILES string of the molecule is COC(=O)CNCCc1ccc(OC)cc1Cl. The zero-order chi connectivity index (χ0) is 12.7. The molecule has 1 aromatic carbocycles. The van der Waals surface area contributed by atoms with E-state index in [2.05, 4.69) is 10.1 Å². The lowest BCUT2D eigenvalue weighted by Gasteiger charge is -2.07. The monoisotopic (exact) mass is 257 g/mol. The lowest BCUT2D eigenvalue weighted by molar-refractivity contribution is -0.139. The lowest BCUT2D eigenvalue weighted by Crippen LogP contribution is -2.25. The summed E-state index contributed by atoms with van der Waals surface area (Å²) in [6, 6.07) is 5.56. The third-order valence-corrected chi connectivity index (χ3v) is 2.68. The van der Waals surface area contributed by atoms with E-state index in [1.54, 1.807) is 13.2 Å². The molecule has 0 aliphatic heterocycles. The Morgan fingerprint density at radius 2 is 2.18 bits per heavy atom. The fraction of sp³-hybridized carbons (Fsp3) is 0.417. The predicted octanol–water partition coefficient (Wildman–Crippen LogP) is 1.65. The molecule has 0 aliphatic rings. The van der Waals surface area contributed by atoms with Crippen LogP contribution in [0.25, 0.3) is 0 Å². The van der Waals surface area contributed by atoms with Crippen molar-refractivity contribution in [3.8, 4) is 5.75 Å². The maximum Gasteiger partial charge on any atom is 0.319 e. The molecule has 0 bridgehead atoms. The number of hydrogen-bond donors (Lipinski definition) is 1. The summed E-state index contributed by atoms with van der Waals surface area (Å²) in [4.78, 5) is 10.8. The van der Waals surface area contributed by atoms with Crippen molar-refractivity contribution in [2.45, 2.75) is 6.42 Å². The maximum atomic E-state index is 10.8. The van der Waals surface area contributed by atoms with E-state index in [1.807, 2.05) is 12.1 Å². The van der Waals surface area contributed by atoms with Crippen LogP contribution in [0.1, 0.15) is 5.56 Å². The zero-order valence-corrected chi connectivity index (χ0v) is 10.7. The van der Waals surface area contributed by atoms with Crippen LogP contribution in [0, 0.1) is 0 Å². The first-order chi connectivity index (χ1) is 8.17. The standard InChI is InChI=1S/C12H16ClNO3/c1-16-10-4-3-9(11(13)7-10)5-6-14-8-12(15)17-2/h3-4,7,14H,5-6,8H2,1-2H3. The predicted molar refractivity (Wildman–Crippen MR) is 66.6 cm³/mol. The normalized spacial score (nSPS) is 10.1. The minimum atomic E-state index is -0.272. The molecule has 1 rings (SSSR count). The van der Waals surface area contributed by atoms with Gasteiger partial charge in [0.25, 0.3) is 0 Å². The summed E-state index contributed by atoms with van der Waals surface area (Å²) in [5.74, 6) is 0.465. The summed E-state index contributed by atoms with van der Waals surface area (Å²) in [7, 11) is 2.97. The number of halogens is 1. The van der Waals surface area contributed by atoms with E-state index in [0.717, 1.165) is 17.7 Å². The first-order valence-electron chi connectivity index (χ1n) is 5.27. The molecular weight excluding hydrogens is 242 g/mol. The minimum absolute atomic E-state index is 0.213. The first kappa shape index (κ1) is 13.8. The van der Waals surface area contributed by atoms with Crippen LogP contribution in [0.15, 0.2) is 18.2 Å². The Labute approximate surface area is 106 Å². The van der Waals surface area contributed by atoms with Gasteiger partial charge >= 0.3 is 5.97 Å². The molecule has 0 aliphatic carbocycles. The van der Waals surface area contributed by atoms with Crippen LogP contribution < -0.4 is 10.1 Å². The molecule has 0 radical (unpaired) electrons. The summed E-state index contributed by atoms with van der Waals surface area (Å²) in [5.41, 5.74) is 1.02. The Balaban J connectivity index is 2.39. The highest BCUT2D eigenvalue weighted by Gasteiger charge is 2.03. The third-order valence-electron chi connectivity index (χ3n) is 2.33. The highest BCUT2D eigenvalue weighted by atomic mass is 35.5. The Kier molecular flexibility index (Phi) is 5.80. The van der Waals surface area contributed by atoms with Gasteiger partial charge in [0.1, 0.15) is 5.75 Å². The van der Waals surface area contributed by atoms with Gasteiger partial charge in [0, 0.05) is 5.02 Å². The lowest BCUT2D eigenvalue weighted by atomic mass is 10.1. The van der Waals surface area contributed by atoms with Gasteiger partial charge in [0.15, 0.2) is 0 Å². The molecule has 17 heavy (non-hydrogen) atoms. The highest BCUT2D eigenvalue weighted by molar-refractivity contribution is 6.31. The highest BCUT2D eigenvalue weighted by Crippen LogP contribution is 2.22. The van der Waals surface area contributed by atoms with Crippen LogP contribution in [0.5, 0.6) is 5.75 Å². The van der Waals surface area contributed by atoms with Gasteiger partial charge < -0.3 is 14.8 Å². The van der Waals surface area contributed by atoms with Crippen molar-refractivity contribution in [3.05, 3.63) is 28.8 Å². The number of nitrogens with one attached hydrogen (secondary N) is 1. The van der Waals surface area contributed by atoms with Gasteiger partial charge in [-0.1, -0.05) is 17.7 Å². The number of hydrogen-bond acceptors (Lipinski definition) is 4. The smallest absolute Gasteiger partial charge is 0.319 e. The van der Waals surface area contributed by atoms with Crippen molar-refractivity contribution < 1.29 is 14.3 Å². The van der Waals surface area contributed by atoms with E-state index in [0.29, 0.717) is 11.6 Å². The number of carbonyl (C=O) groups is 1. The van der Waals surface area contributed by atoms with Crippen LogP contribution in [-0.2, 0) is 16.0 Å². The molecular formula is C12H16ClNO3. The molecule has 0 unspecified atom stereocenters. The first-order valence-corrected chi connectivity index (χ1v) is 5.65. The molecule has 0 amide bonds. The molecule has 4 nitrogen and oxygen atoms in total. The van der Waals surface area contributed by atoms with Crippen LogP contribution in [0.3, 0.4) is 0 Å². The topological polar surface area (TPSA) is 47.6 Å². The second kappa shape index (κ2) is 7.14. The van der Waals surface area contributed by atoms with E-state index in [-0.39, 0.29) is 12.5 Å². The molecule has 94 valence electrons. The van der Waals surface area contributed by atoms with Crippen molar-refractivity contribution in [3.63, 3.8) is 0 Å². The summed E-state index contributed by atoms with van der Waals surface area (Å²) in [6.07, 6.45) is 0.750. The maximum absolute atomic E-state index is 10.8. The van der Waals surface area contributed by atoms with E-state index < -0.39 is 0 Å². The van der Waals surface area contributed by atoms with Crippen molar-refractivity contribution in [2.24, 2.45) is 0 Å². The van der Waals surface area contributed by atoms with Gasteiger partial charge in [0.05, 0.1) is 20.8 Å². The van der Waals surface area contributed by atoms with E-state index >= 15 is 0 Å². The second-order valence-electron chi connectivity index (χ2n) is 3.46. The van der Waals surface area contributed by atoms with Crippen LogP contribution in [0.2, 0.25) is 5.02 Å². The van der Waals surface area contributed by atoms with Gasteiger partial charge in [-0.15, -0.1) is 0 Å². The molecule has 1 aromatic rings. The number of benzene rings is 1. The molecule has 0 saturated carbocycles. The average molecular weight is 258 g/mol. The Morgan fingerprint density at radius 1 is 1.41 bits per heavy atom. The third kappa shape index (κ3) is 4.63. The molecule has 1 N–H and O–H groups in total. The van der Waals surface area contributed by atoms with E-state index in [9.17, 15) is 4.79 Å².